The summed E-state index contributed by atoms with van der Waals surface area (Å²) in [5.41, 5.74) is 1.93. The van der Waals surface area contributed by atoms with Gasteiger partial charge < -0.3 is 10.0 Å². The van der Waals surface area contributed by atoms with Gasteiger partial charge in [-0.25, -0.2) is 0 Å². The molecule has 0 saturated carbocycles. The van der Waals surface area contributed by atoms with E-state index in [1.54, 1.807) is 0 Å². The Morgan fingerprint density at radius 3 is 2.25 bits per heavy atom. The van der Waals surface area contributed by atoms with Crippen LogP contribution in [0.4, 0.5) is 5.69 Å². The maximum atomic E-state index is 9.06. The predicted octanol–water partition coefficient (Wildman–Crippen LogP) is 3.46. The standard InChI is InChI=1S/C13H20ClNO/c1-3-7-15(8-4-2)12-6-5-11(10-16)13(14)9-12/h5-6,9,16H,3-4,7-8,10H2,1-2H3. The molecule has 0 atom stereocenters. The molecule has 90 valence electrons. The van der Waals surface area contributed by atoms with Gasteiger partial charge in [0, 0.05) is 23.8 Å². The number of nitrogens with zero attached hydrogens (tertiary/aromatic N) is 1. The number of hydrogen-bond acceptors (Lipinski definition) is 2. The smallest absolute Gasteiger partial charge is 0.0696 e. The zero-order valence-electron chi connectivity index (χ0n) is 10.0. The molecule has 0 aliphatic carbocycles. The van der Waals surface area contributed by atoms with Gasteiger partial charge in [-0.1, -0.05) is 31.5 Å². The van der Waals surface area contributed by atoms with Gasteiger partial charge in [0.25, 0.3) is 0 Å². The van der Waals surface area contributed by atoms with E-state index in [0.29, 0.717) is 5.02 Å². The second-order valence-corrected chi connectivity index (χ2v) is 4.33. The lowest BCUT2D eigenvalue weighted by Gasteiger charge is -2.24. The van der Waals surface area contributed by atoms with Gasteiger partial charge in [-0.2, -0.15) is 0 Å². The largest absolute Gasteiger partial charge is 0.392 e. The lowest BCUT2D eigenvalue weighted by Crippen LogP contribution is -2.24. The van der Waals surface area contributed by atoms with E-state index in [2.05, 4.69) is 18.7 Å². The van der Waals surface area contributed by atoms with Crippen LogP contribution in [0.15, 0.2) is 18.2 Å². The van der Waals surface area contributed by atoms with E-state index in [9.17, 15) is 0 Å². The Balaban J connectivity index is 2.87. The fourth-order valence-corrected chi connectivity index (χ4v) is 2.01. The molecule has 0 aliphatic rings. The maximum Gasteiger partial charge on any atom is 0.0696 e. The van der Waals surface area contributed by atoms with Crippen molar-refractivity contribution in [3.05, 3.63) is 28.8 Å². The zero-order valence-corrected chi connectivity index (χ0v) is 10.8. The van der Waals surface area contributed by atoms with Crippen LogP contribution in [0.5, 0.6) is 0 Å². The van der Waals surface area contributed by atoms with Gasteiger partial charge in [0.2, 0.25) is 0 Å². The second kappa shape index (κ2) is 6.77. The molecular formula is C13H20ClNO. The topological polar surface area (TPSA) is 23.5 Å². The first-order chi connectivity index (χ1) is 7.72. The Morgan fingerprint density at radius 2 is 1.81 bits per heavy atom. The molecule has 0 heterocycles. The van der Waals surface area contributed by atoms with E-state index < -0.39 is 0 Å². The molecule has 2 nitrogen and oxygen atoms in total. The van der Waals surface area contributed by atoms with Crippen LogP contribution in [-0.2, 0) is 6.61 Å². The first-order valence-electron chi connectivity index (χ1n) is 5.87. The van der Waals surface area contributed by atoms with E-state index in [0.717, 1.165) is 37.2 Å². The Kier molecular flexibility index (Phi) is 5.64. The Hall–Kier alpha value is -0.730. The van der Waals surface area contributed by atoms with E-state index in [1.165, 1.54) is 0 Å². The molecule has 0 aromatic heterocycles. The van der Waals surface area contributed by atoms with Crippen molar-refractivity contribution in [3.8, 4) is 0 Å². The summed E-state index contributed by atoms with van der Waals surface area (Å²) in [4.78, 5) is 2.33. The van der Waals surface area contributed by atoms with Crippen molar-refractivity contribution in [1.82, 2.24) is 0 Å². The molecule has 16 heavy (non-hydrogen) atoms. The van der Waals surface area contributed by atoms with Gasteiger partial charge in [-0.3, -0.25) is 0 Å². The molecule has 0 amide bonds. The number of anilines is 1. The van der Waals surface area contributed by atoms with Crippen molar-refractivity contribution in [3.63, 3.8) is 0 Å². The highest BCUT2D eigenvalue weighted by molar-refractivity contribution is 6.31. The normalized spacial score (nSPS) is 10.5. The van der Waals surface area contributed by atoms with E-state index >= 15 is 0 Å². The fourth-order valence-electron chi connectivity index (χ4n) is 1.77. The van der Waals surface area contributed by atoms with E-state index in [-0.39, 0.29) is 6.61 Å². The predicted molar refractivity (Wildman–Crippen MR) is 70.2 cm³/mol. The molecule has 1 rings (SSSR count). The van der Waals surface area contributed by atoms with Gasteiger partial charge >= 0.3 is 0 Å². The zero-order chi connectivity index (χ0) is 12.0. The third kappa shape index (κ3) is 3.39. The van der Waals surface area contributed by atoms with Crippen molar-refractivity contribution < 1.29 is 5.11 Å². The first kappa shape index (κ1) is 13.3. The Bertz CT molecular complexity index is 322. The van der Waals surface area contributed by atoms with E-state index in [4.69, 9.17) is 16.7 Å². The molecule has 1 N–H and O–H groups in total. The van der Waals surface area contributed by atoms with Crippen molar-refractivity contribution in [2.75, 3.05) is 18.0 Å². The summed E-state index contributed by atoms with van der Waals surface area (Å²) >= 11 is 6.09. The fraction of sp³-hybridized carbons (Fsp3) is 0.538. The second-order valence-electron chi connectivity index (χ2n) is 3.92. The van der Waals surface area contributed by atoms with Gasteiger partial charge in [-0.05, 0) is 30.5 Å². The van der Waals surface area contributed by atoms with Gasteiger partial charge in [-0.15, -0.1) is 0 Å². The molecule has 0 unspecified atom stereocenters. The van der Waals surface area contributed by atoms with Gasteiger partial charge in [0.1, 0.15) is 0 Å². The summed E-state index contributed by atoms with van der Waals surface area (Å²) in [6.07, 6.45) is 2.25. The highest BCUT2D eigenvalue weighted by Crippen LogP contribution is 2.24. The van der Waals surface area contributed by atoms with Crippen LogP contribution in [-0.4, -0.2) is 18.2 Å². The van der Waals surface area contributed by atoms with E-state index in [1.807, 2.05) is 18.2 Å². The first-order valence-corrected chi connectivity index (χ1v) is 6.25. The van der Waals surface area contributed by atoms with Crippen LogP contribution in [0.3, 0.4) is 0 Å². The molecule has 0 radical (unpaired) electrons. The molecule has 0 spiro atoms. The quantitative estimate of drug-likeness (QED) is 0.825. The molecule has 0 bridgehead atoms. The maximum absolute atomic E-state index is 9.06. The molecular weight excluding hydrogens is 222 g/mol. The summed E-state index contributed by atoms with van der Waals surface area (Å²) < 4.78 is 0. The summed E-state index contributed by atoms with van der Waals surface area (Å²) in [5.74, 6) is 0. The summed E-state index contributed by atoms with van der Waals surface area (Å²) in [6, 6.07) is 5.87. The van der Waals surface area contributed by atoms with Crippen LogP contribution in [0, 0.1) is 0 Å². The number of hydrogen-bond donors (Lipinski definition) is 1. The molecule has 0 saturated heterocycles. The molecule has 1 aromatic carbocycles. The average Bonchev–Trinajstić information content (AvgIpc) is 2.28. The Labute approximate surface area is 103 Å². The van der Waals surface area contributed by atoms with Crippen LogP contribution in [0.2, 0.25) is 5.02 Å². The number of aliphatic hydroxyl groups is 1. The summed E-state index contributed by atoms with van der Waals surface area (Å²) in [7, 11) is 0. The minimum absolute atomic E-state index is 0.000664. The lowest BCUT2D eigenvalue weighted by molar-refractivity contribution is 0.282. The van der Waals surface area contributed by atoms with Crippen molar-refractivity contribution >= 4 is 17.3 Å². The van der Waals surface area contributed by atoms with Gasteiger partial charge in [0.05, 0.1) is 6.61 Å². The third-order valence-electron chi connectivity index (χ3n) is 2.56. The number of aliphatic hydroxyl groups excluding tert-OH is 1. The van der Waals surface area contributed by atoms with Crippen molar-refractivity contribution in [2.45, 2.75) is 33.3 Å². The molecule has 1 aromatic rings. The van der Waals surface area contributed by atoms with Crippen molar-refractivity contribution in [1.29, 1.82) is 0 Å². The third-order valence-corrected chi connectivity index (χ3v) is 2.91. The number of benzene rings is 1. The van der Waals surface area contributed by atoms with Gasteiger partial charge in [0.15, 0.2) is 0 Å². The minimum Gasteiger partial charge on any atom is -0.392 e. The van der Waals surface area contributed by atoms with Crippen molar-refractivity contribution in [2.24, 2.45) is 0 Å². The number of rotatable bonds is 6. The SMILES string of the molecule is CCCN(CCC)c1ccc(CO)c(Cl)c1. The highest BCUT2D eigenvalue weighted by Gasteiger charge is 2.07. The van der Waals surface area contributed by atoms with Crippen LogP contribution >= 0.6 is 11.6 Å². The van der Waals surface area contributed by atoms with Crippen LogP contribution in [0.1, 0.15) is 32.3 Å². The van der Waals surface area contributed by atoms with Crippen LogP contribution < -0.4 is 4.90 Å². The number of halogens is 1. The monoisotopic (exact) mass is 241 g/mol. The average molecular weight is 242 g/mol. The summed E-state index contributed by atoms with van der Waals surface area (Å²) in [6.45, 7) is 6.44. The lowest BCUT2D eigenvalue weighted by atomic mass is 10.2. The highest BCUT2D eigenvalue weighted by atomic mass is 35.5. The molecule has 0 aliphatic heterocycles. The Morgan fingerprint density at radius 1 is 1.19 bits per heavy atom. The molecule has 0 fully saturated rings. The van der Waals surface area contributed by atoms with Crippen LogP contribution in [0.25, 0.3) is 0 Å². The minimum atomic E-state index is 0.000664. The molecule has 3 heteroatoms. The summed E-state index contributed by atoms with van der Waals surface area (Å²) in [5, 5.41) is 9.71.